The topological polar surface area (TPSA) is 56.1 Å². The maximum absolute atomic E-state index is 12.5. The van der Waals surface area contributed by atoms with Crippen LogP contribution in [0, 0.1) is 0 Å². The number of ether oxygens (including phenoxy) is 1. The van der Waals surface area contributed by atoms with Crippen LogP contribution in [0.25, 0.3) is 0 Å². The Kier molecular flexibility index (Phi) is 10.6. The van der Waals surface area contributed by atoms with Gasteiger partial charge in [-0.05, 0) is 28.4 Å². The Labute approximate surface area is 161 Å². The number of anilines is 1. The molecule has 1 rings (SSSR count). The van der Waals surface area contributed by atoms with Gasteiger partial charge in [-0.25, -0.2) is 4.98 Å². The number of unbranched alkanes of at least 4 members (excludes halogenated alkanes) is 5. The van der Waals surface area contributed by atoms with Crippen LogP contribution in [0.2, 0.25) is 25.7 Å². The van der Waals surface area contributed by atoms with E-state index in [0.717, 1.165) is 19.0 Å². The van der Waals surface area contributed by atoms with E-state index in [-0.39, 0.29) is 12.3 Å². The molecule has 0 spiro atoms. The lowest BCUT2D eigenvalue weighted by Gasteiger charge is -2.16. The summed E-state index contributed by atoms with van der Waals surface area (Å²) in [5.74, 6) is 0.400. The minimum absolute atomic E-state index is 0.123. The van der Waals surface area contributed by atoms with Gasteiger partial charge in [-0.15, -0.1) is 0 Å². The molecular weight excluding hydrogens is 398 g/mol. The molecule has 7 heteroatoms. The highest BCUT2D eigenvalue weighted by Crippen LogP contribution is 2.10. The monoisotopic (exact) mass is 431 g/mol. The molecule has 0 fully saturated rings. The molecule has 0 aliphatic carbocycles. The van der Waals surface area contributed by atoms with Crippen LogP contribution in [0.4, 0.5) is 5.82 Å². The van der Waals surface area contributed by atoms with Crippen LogP contribution in [0.1, 0.15) is 45.4 Å². The Morgan fingerprint density at radius 3 is 2.56 bits per heavy atom. The summed E-state index contributed by atoms with van der Waals surface area (Å²) >= 11 is 3.38. The Hall–Kier alpha value is -0.663. The zero-order valence-electron chi connectivity index (χ0n) is 16.2. The molecule has 1 heterocycles. The number of hydrogen-bond donors (Lipinski definition) is 1. The van der Waals surface area contributed by atoms with Gasteiger partial charge in [-0.3, -0.25) is 9.36 Å². The highest BCUT2D eigenvalue weighted by molar-refractivity contribution is 9.10. The summed E-state index contributed by atoms with van der Waals surface area (Å²) in [5, 5.41) is 3.18. The summed E-state index contributed by atoms with van der Waals surface area (Å²) in [5.41, 5.74) is -0.123. The lowest BCUT2D eigenvalue weighted by atomic mass is 10.1. The van der Waals surface area contributed by atoms with Crippen LogP contribution in [0.5, 0.6) is 0 Å². The van der Waals surface area contributed by atoms with E-state index in [1.54, 1.807) is 10.8 Å². The summed E-state index contributed by atoms with van der Waals surface area (Å²) in [4.78, 5) is 16.7. The van der Waals surface area contributed by atoms with Crippen LogP contribution < -0.4 is 10.9 Å². The zero-order chi connectivity index (χ0) is 18.7. The molecule has 5 nitrogen and oxygen atoms in total. The Morgan fingerprint density at radius 1 is 1.20 bits per heavy atom. The average Bonchev–Trinajstić information content (AvgIpc) is 2.53. The lowest BCUT2D eigenvalue weighted by molar-refractivity contribution is 0.0845. The number of hydrogen-bond acceptors (Lipinski definition) is 4. The normalized spacial score (nSPS) is 11.7. The third-order valence-corrected chi connectivity index (χ3v) is 6.08. The fourth-order valence-corrected chi connectivity index (χ4v) is 3.55. The van der Waals surface area contributed by atoms with E-state index in [0.29, 0.717) is 17.0 Å². The molecule has 0 amide bonds. The van der Waals surface area contributed by atoms with Gasteiger partial charge < -0.3 is 10.1 Å². The van der Waals surface area contributed by atoms with Gasteiger partial charge in [0.15, 0.2) is 5.82 Å². The van der Waals surface area contributed by atoms with Gasteiger partial charge >= 0.3 is 0 Å². The molecule has 0 saturated heterocycles. The fraction of sp³-hybridized carbons (Fsp3) is 0.778. The molecule has 0 aliphatic heterocycles. The highest BCUT2D eigenvalue weighted by atomic mass is 79.9. The standard InChI is InChI=1S/C18H34BrN3O2Si/c1-5-6-7-8-9-10-11-20-17-18(23)22(14-16(19)21-17)15-24-12-13-25(2,3)4/h14H,5-13,15H2,1-4H3,(H,20,21). The number of nitrogens with one attached hydrogen (secondary N) is 1. The van der Waals surface area contributed by atoms with Crippen LogP contribution in [0.15, 0.2) is 15.6 Å². The second-order valence-corrected chi connectivity index (χ2v) is 14.2. The van der Waals surface area contributed by atoms with E-state index in [4.69, 9.17) is 4.74 Å². The third kappa shape index (κ3) is 10.2. The first kappa shape index (κ1) is 22.4. The summed E-state index contributed by atoms with van der Waals surface area (Å²) in [6, 6.07) is 1.09. The van der Waals surface area contributed by atoms with E-state index in [1.807, 2.05) is 0 Å². The molecule has 0 atom stereocenters. The minimum atomic E-state index is -1.11. The van der Waals surface area contributed by atoms with Gasteiger partial charge in [-0.1, -0.05) is 58.7 Å². The summed E-state index contributed by atoms with van der Waals surface area (Å²) in [6.45, 7) is 10.9. The van der Waals surface area contributed by atoms with E-state index in [1.165, 1.54) is 32.1 Å². The lowest BCUT2D eigenvalue weighted by Crippen LogP contribution is -2.27. The van der Waals surface area contributed by atoms with Gasteiger partial charge in [-0.2, -0.15) is 0 Å². The van der Waals surface area contributed by atoms with Crippen molar-refractivity contribution in [3.05, 3.63) is 21.2 Å². The van der Waals surface area contributed by atoms with Crippen molar-refractivity contribution in [3.8, 4) is 0 Å². The number of halogens is 1. The summed E-state index contributed by atoms with van der Waals surface area (Å²) in [6.07, 6.45) is 9.07. The molecule has 25 heavy (non-hydrogen) atoms. The van der Waals surface area contributed by atoms with E-state index in [9.17, 15) is 4.79 Å². The third-order valence-electron chi connectivity index (χ3n) is 3.99. The van der Waals surface area contributed by atoms with Crippen LogP contribution >= 0.6 is 15.9 Å². The van der Waals surface area contributed by atoms with Gasteiger partial charge in [0.25, 0.3) is 5.56 Å². The Bertz CT molecular complexity index is 558. The smallest absolute Gasteiger partial charge is 0.295 e. The average molecular weight is 432 g/mol. The second kappa shape index (κ2) is 11.9. The highest BCUT2D eigenvalue weighted by Gasteiger charge is 2.12. The second-order valence-electron chi connectivity index (χ2n) is 7.73. The first-order valence-electron chi connectivity index (χ1n) is 9.42. The molecule has 1 N–H and O–H groups in total. The first-order chi connectivity index (χ1) is 11.8. The van der Waals surface area contributed by atoms with Crippen molar-refractivity contribution in [3.63, 3.8) is 0 Å². The molecular formula is C18H34BrN3O2Si. The van der Waals surface area contributed by atoms with Crippen molar-refractivity contribution < 1.29 is 4.74 Å². The quantitative estimate of drug-likeness (QED) is 0.348. The SMILES string of the molecule is CCCCCCCCNc1nc(Br)cn(COCC[Si](C)(C)C)c1=O. The number of rotatable bonds is 13. The minimum Gasteiger partial charge on any atom is -0.365 e. The Morgan fingerprint density at radius 2 is 1.88 bits per heavy atom. The molecule has 0 saturated carbocycles. The van der Waals surface area contributed by atoms with Crippen molar-refractivity contribution in [1.29, 1.82) is 0 Å². The van der Waals surface area contributed by atoms with Crippen molar-refractivity contribution in [2.75, 3.05) is 18.5 Å². The molecule has 1 aromatic rings. The molecule has 0 bridgehead atoms. The van der Waals surface area contributed by atoms with Gasteiger partial charge in [0.2, 0.25) is 0 Å². The van der Waals surface area contributed by atoms with Gasteiger partial charge in [0.1, 0.15) is 11.3 Å². The fourth-order valence-electron chi connectivity index (χ4n) is 2.37. The van der Waals surface area contributed by atoms with Crippen LogP contribution in [-0.4, -0.2) is 30.8 Å². The maximum atomic E-state index is 12.5. The van der Waals surface area contributed by atoms with E-state index in [2.05, 4.69) is 52.8 Å². The maximum Gasteiger partial charge on any atom is 0.295 e. The zero-order valence-corrected chi connectivity index (χ0v) is 18.8. The van der Waals surface area contributed by atoms with Crippen molar-refractivity contribution >= 4 is 29.8 Å². The first-order valence-corrected chi connectivity index (χ1v) is 13.9. The summed E-state index contributed by atoms with van der Waals surface area (Å²) in [7, 11) is -1.11. The number of aromatic nitrogens is 2. The summed E-state index contributed by atoms with van der Waals surface area (Å²) < 4.78 is 7.91. The molecule has 1 aromatic heterocycles. The van der Waals surface area contributed by atoms with Crippen LogP contribution in [0.3, 0.4) is 0 Å². The molecule has 0 aromatic carbocycles. The van der Waals surface area contributed by atoms with Gasteiger partial charge in [0, 0.05) is 27.4 Å². The molecule has 0 aliphatic rings. The predicted molar refractivity (Wildman–Crippen MR) is 112 cm³/mol. The predicted octanol–water partition coefficient (Wildman–Crippen LogP) is 5.09. The molecule has 0 radical (unpaired) electrons. The van der Waals surface area contributed by atoms with Crippen molar-refractivity contribution in [2.24, 2.45) is 0 Å². The van der Waals surface area contributed by atoms with Crippen LogP contribution in [-0.2, 0) is 11.5 Å². The van der Waals surface area contributed by atoms with Crippen molar-refractivity contribution in [1.82, 2.24) is 9.55 Å². The van der Waals surface area contributed by atoms with Gasteiger partial charge in [0.05, 0.1) is 0 Å². The van der Waals surface area contributed by atoms with E-state index >= 15 is 0 Å². The van der Waals surface area contributed by atoms with E-state index < -0.39 is 8.07 Å². The largest absolute Gasteiger partial charge is 0.365 e. The van der Waals surface area contributed by atoms with Crippen molar-refractivity contribution in [2.45, 2.75) is 77.9 Å². The molecule has 144 valence electrons. The Balaban J connectivity index is 2.44. The number of nitrogens with zero attached hydrogens (tertiary/aromatic N) is 2. The molecule has 0 unspecified atom stereocenters.